The van der Waals surface area contributed by atoms with Crippen LogP contribution in [0.15, 0.2) is 11.0 Å². The van der Waals surface area contributed by atoms with Crippen molar-refractivity contribution in [2.75, 3.05) is 24.6 Å². The summed E-state index contributed by atoms with van der Waals surface area (Å²) >= 11 is 0. The van der Waals surface area contributed by atoms with Crippen LogP contribution in [-0.2, 0) is 4.74 Å². The van der Waals surface area contributed by atoms with Crippen molar-refractivity contribution in [3.63, 3.8) is 0 Å². The van der Waals surface area contributed by atoms with E-state index in [-0.39, 0.29) is 11.2 Å². The van der Waals surface area contributed by atoms with Gasteiger partial charge in [0.2, 0.25) is 5.95 Å². The lowest BCUT2D eigenvalue weighted by atomic mass is 10.0. The van der Waals surface area contributed by atoms with Gasteiger partial charge in [-0.1, -0.05) is 6.92 Å². The Balaban J connectivity index is 1.97. The first-order valence-corrected chi connectivity index (χ1v) is 6.43. The largest absolute Gasteiger partial charge is 0.372 e. The summed E-state index contributed by atoms with van der Waals surface area (Å²) in [6, 6.07) is 0. The lowest BCUT2D eigenvalue weighted by Gasteiger charge is -2.40. The molecule has 3 rings (SSSR count). The van der Waals surface area contributed by atoms with Gasteiger partial charge in [0.1, 0.15) is 5.39 Å². The fourth-order valence-electron chi connectivity index (χ4n) is 2.31. The highest BCUT2D eigenvalue weighted by atomic mass is 16.5. The number of aromatic nitrogens is 4. The van der Waals surface area contributed by atoms with E-state index in [4.69, 9.17) is 4.74 Å². The Bertz CT molecular complexity index is 649. The first kappa shape index (κ1) is 12.2. The van der Waals surface area contributed by atoms with Crippen molar-refractivity contribution in [2.24, 2.45) is 0 Å². The third kappa shape index (κ3) is 2.10. The molecule has 1 fully saturated rings. The molecule has 1 aliphatic rings. The van der Waals surface area contributed by atoms with Gasteiger partial charge in [0.05, 0.1) is 18.4 Å². The number of fused-ring (bicyclic) bond motifs is 1. The summed E-state index contributed by atoms with van der Waals surface area (Å²) in [5, 5.41) is 7.06. The first-order valence-electron chi connectivity index (χ1n) is 6.43. The van der Waals surface area contributed by atoms with Crippen molar-refractivity contribution >= 4 is 17.0 Å². The van der Waals surface area contributed by atoms with Crippen LogP contribution in [0.2, 0.25) is 0 Å². The van der Waals surface area contributed by atoms with Gasteiger partial charge in [0, 0.05) is 13.1 Å². The van der Waals surface area contributed by atoms with E-state index in [1.165, 1.54) is 6.20 Å². The van der Waals surface area contributed by atoms with Gasteiger partial charge in [0.15, 0.2) is 5.65 Å². The minimum Gasteiger partial charge on any atom is -0.372 e. The molecule has 1 aliphatic heterocycles. The zero-order valence-electron chi connectivity index (χ0n) is 11.1. The Labute approximate surface area is 110 Å². The van der Waals surface area contributed by atoms with Gasteiger partial charge >= 0.3 is 0 Å². The molecule has 0 bridgehead atoms. The second-order valence-corrected chi connectivity index (χ2v) is 5.10. The Hall–Kier alpha value is -1.89. The molecule has 0 saturated carbocycles. The van der Waals surface area contributed by atoms with Gasteiger partial charge in [-0.3, -0.25) is 14.9 Å². The van der Waals surface area contributed by atoms with Crippen LogP contribution in [0.1, 0.15) is 20.3 Å². The number of H-pyrrole nitrogens is 2. The quantitative estimate of drug-likeness (QED) is 0.830. The maximum Gasteiger partial charge on any atom is 0.263 e. The maximum absolute atomic E-state index is 11.9. The molecule has 1 unspecified atom stereocenters. The fraction of sp³-hybridized carbons (Fsp3) is 0.583. The SMILES string of the molecule is CCC1(C)CN(c2nc3[nH]ncc3c(=O)[nH]2)CCO1. The molecule has 0 amide bonds. The van der Waals surface area contributed by atoms with Crippen molar-refractivity contribution in [1.29, 1.82) is 0 Å². The van der Waals surface area contributed by atoms with Crippen LogP contribution >= 0.6 is 0 Å². The Morgan fingerprint density at radius 2 is 2.42 bits per heavy atom. The topological polar surface area (TPSA) is 86.9 Å². The molecule has 2 N–H and O–H groups in total. The highest BCUT2D eigenvalue weighted by Crippen LogP contribution is 2.23. The van der Waals surface area contributed by atoms with Crippen molar-refractivity contribution in [2.45, 2.75) is 25.9 Å². The number of nitrogens with one attached hydrogen (secondary N) is 2. The van der Waals surface area contributed by atoms with E-state index in [0.717, 1.165) is 13.0 Å². The summed E-state index contributed by atoms with van der Waals surface area (Å²) in [7, 11) is 0. The zero-order valence-corrected chi connectivity index (χ0v) is 11.1. The molecule has 102 valence electrons. The smallest absolute Gasteiger partial charge is 0.263 e. The van der Waals surface area contributed by atoms with Gasteiger partial charge in [-0.25, -0.2) is 0 Å². The molecule has 1 atom stereocenters. The van der Waals surface area contributed by atoms with Crippen LogP contribution in [0, 0.1) is 0 Å². The molecule has 0 radical (unpaired) electrons. The van der Waals surface area contributed by atoms with E-state index in [2.05, 4.69) is 38.9 Å². The monoisotopic (exact) mass is 263 g/mol. The molecule has 19 heavy (non-hydrogen) atoms. The molecule has 0 spiro atoms. The number of ether oxygens (including phenoxy) is 1. The minimum atomic E-state index is -0.195. The van der Waals surface area contributed by atoms with E-state index in [1.807, 2.05) is 0 Å². The molecule has 0 aromatic carbocycles. The minimum absolute atomic E-state index is 0.168. The summed E-state index contributed by atoms with van der Waals surface area (Å²) in [6.45, 7) is 6.24. The van der Waals surface area contributed by atoms with E-state index >= 15 is 0 Å². The van der Waals surface area contributed by atoms with Crippen molar-refractivity contribution in [3.8, 4) is 0 Å². The van der Waals surface area contributed by atoms with Crippen LogP contribution in [0.3, 0.4) is 0 Å². The molecule has 3 heterocycles. The summed E-state index contributed by atoms with van der Waals surface area (Å²) in [5.74, 6) is 0.574. The highest BCUT2D eigenvalue weighted by molar-refractivity contribution is 5.73. The summed E-state index contributed by atoms with van der Waals surface area (Å²) in [4.78, 5) is 21.2. The number of morpholine rings is 1. The number of aromatic amines is 2. The fourth-order valence-corrected chi connectivity index (χ4v) is 2.31. The summed E-state index contributed by atoms with van der Waals surface area (Å²) in [6.07, 6.45) is 2.40. The van der Waals surface area contributed by atoms with Gasteiger partial charge in [0.25, 0.3) is 5.56 Å². The lowest BCUT2D eigenvalue weighted by Crippen LogP contribution is -2.50. The zero-order chi connectivity index (χ0) is 13.5. The van der Waals surface area contributed by atoms with Crippen LogP contribution < -0.4 is 10.5 Å². The number of rotatable bonds is 2. The number of nitrogens with zero attached hydrogens (tertiary/aromatic N) is 3. The van der Waals surface area contributed by atoms with Crippen molar-refractivity contribution < 1.29 is 4.74 Å². The van der Waals surface area contributed by atoms with E-state index in [0.29, 0.717) is 30.1 Å². The normalized spacial score (nSPS) is 24.0. The van der Waals surface area contributed by atoms with E-state index in [1.54, 1.807) is 0 Å². The predicted molar refractivity (Wildman–Crippen MR) is 71.4 cm³/mol. The average molecular weight is 263 g/mol. The van der Waals surface area contributed by atoms with Crippen molar-refractivity contribution in [1.82, 2.24) is 20.2 Å². The number of anilines is 1. The van der Waals surface area contributed by atoms with Crippen LogP contribution in [0.4, 0.5) is 5.95 Å². The third-order valence-corrected chi connectivity index (χ3v) is 3.69. The average Bonchev–Trinajstić information content (AvgIpc) is 2.88. The van der Waals surface area contributed by atoms with Gasteiger partial charge < -0.3 is 9.64 Å². The summed E-state index contributed by atoms with van der Waals surface area (Å²) < 4.78 is 5.79. The second-order valence-electron chi connectivity index (χ2n) is 5.10. The standard InChI is InChI=1S/C12H17N5O2/c1-3-12(2)7-17(4-5-19-12)11-14-9-8(6-13-16-9)10(18)15-11/h6H,3-5,7H2,1-2H3,(H2,13,14,15,16,18). The summed E-state index contributed by atoms with van der Waals surface area (Å²) in [5.41, 5.74) is 0.154. The molecule has 7 nitrogen and oxygen atoms in total. The van der Waals surface area contributed by atoms with E-state index in [9.17, 15) is 4.79 Å². The molecule has 1 saturated heterocycles. The maximum atomic E-state index is 11.9. The molecule has 2 aromatic heterocycles. The Morgan fingerprint density at radius 1 is 1.58 bits per heavy atom. The predicted octanol–water partition coefficient (Wildman–Crippen LogP) is 0.651. The van der Waals surface area contributed by atoms with Crippen molar-refractivity contribution in [3.05, 3.63) is 16.6 Å². The van der Waals surface area contributed by atoms with Gasteiger partial charge in [-0.2, -0.15) is 10.1 Å². The second kappa shape index (κ2) is 4.34. The first-order chi connectivity index (χ1) is 9.11. The number of hydrogen-bond acceptors (Lipinski definition) is 5. The third-order valence-electron chi connectivity index (χ3n) is 3.69. The molecule has 7 heteroatoms. The van der Waals surface area contributed by atoms with E-state index < -0.39 is 0 Å². The van der Waals surface area contributed by atoms with Gasteiger partial charge in [-0.15, -0.1) is 0 Å². The van der Waals surface area contributed by atoms with Crippen LogP contribution in [-0.4, -0.2) is 45.5 Å². The Morgan fingerprint density at radius 3 is 3.21 bits per heavy atom. The molecule has 0 aliphatic carbocycles. The lowest BCUT2D eigenvalue weighted by molar-refractivity contribution is -0.0445. The van der Waals surface area contributed by atoms with Gasteiger partial charge in [-0.05, 0) is 13.3 Å². The van der Waals surface area contributed by atoms with Crippen LogP contribution in [0.25, 0.3) is 11.0 Å². The van der Waals surface area contributed by atoms with Crippen LogP contribution in [0.5, 0.6) is 0 Å². The molecular formula is C12H17N5O2. The molecular weight excluding hydrogens is 246 g/mol. The molecule has 2 aromatic rings. The highest BCUT2D eigenvalue weighted by Gasteiger charge is 2.31. The Kier molecular flexibility index (Phi) is 2.78. The number of hydrogen-bond donors (Lipinski definition) is 2.